The molecule has 2 unspecified atom stereocenters. The molecule has 30 heavy (non-hydrogen) atoms. The number of carboxylic acids is 2. The first-order valence-corrected chi connectivity index (χ1v) is 10.5. The second kappa shape index (κ2) is 16.8. The summed E-state index contributed by atoms with van der Waals surface area (Å²) in [5, 5.41) is 32.8. The predicted octanol–water partition coefficient (Wildman–Crippen LogP) is 4.36. The van der Waals surface area contributed by atoms with Crippen LogP contribution in [0.15, 0.2) is 60.7 Å². The van der Waals surface area contributed by atoms with Crippen molar-refractivity contribution in [1.29, 1.82) is 0 Å². The molecule has 8 heteroatoms. The Kier molecular flexibility index (Phi) is 15.6. The third kappa shape index (κ3) is 14.9. The molecular weight excluding hydrogens is 424 g/mol. The Balaban J connectivity index is 0.000000447. The van der Waals surface area contributed by atoms with Gasteiger partial charge in [-0.15, -0.1) is 0 Å². The Morgan fingerprint density at radius 2 is 1.10 bits per heavy atom. The van der Waals surface area contributed by atoms with Crippen LogP contribution >= 0.6 is 25.3 Å². The van der Waals surface area contributed by atoms with Crippen LogP contribution in [0, 0.1) is 0 Å². The molecule has 0 aliphatic rings. The van der Waals surface area contributed by atoms with Crippen molar-refractivity contribution in [2.24, 2.45) is 0 Å². The summed E-state index contributed by atoms with van der Waals surface area (Å²) >= 11 is 8.36. The van der Waals surface area contributed by atoms with Gasteiger partial charge in [0.05, 0.1) is 12.8 Å². The van der Waals surface area contributed by atoms with Crippen molar-refractivity contribution in [2.45, 2.75) is 49.4 Å². The van der Waals surface area contributed by atoms with Crippen molar-refractivity contribution in [3.63, 3.8) is 0 Å². The van der Waals surface area contributed by atoms with Crippen LogP contribution in [-0.2, 0) is 9.59 Å². The monoisotopic (exact) mass is 454 g/mol. The molecule has 0 saturated heterocycles. The first kappa shape index (κ1) is 28.0. The standard InChI is InChI=1S/2C9H10O2S.C4H10O2/c2*10-9(11)6-8(12)7-4-2-1-3-5-7;1-2-3-4(5)6/h2*1-5,8,12H,6H2,(H,10,11);4-6H,2-3H2,1H3. The van der Waals surface area contributed by atoms with Gasteiger partial charge in [-0.05, 0) is 17.5 Å². The molecule has 0 saturated carbocycles. The highest BCUT2D eigenvalue weighted by molar-refractivity contribution is 7.80. The van der Waals surface area contributed by atoms with Crippen molar-refractivity contribution in [2.75, 3.05) is 0 Å². The third-order valence-electron chi connectivity index (χ3n) is 3.65. The highest BCUT2D eigenvalue weighted by atomic mass is 32.1. The van der Waals surface area contributed by atoms with E-state index in [2.05, 4.69) is 25.3 Å². The quantitative estimate of drug-likeness (QED) is 0.261. The van der Waals surface area contributed by atoms with Crippen LogP contribution in [0.4, 0.5) is 0 Å². The molecule has 0 aromatic heterocycles. The summed E-state index contributed by atoms with van der Waals surface area (Å²) in [6, 6.07) is 18.8. The maximum Gasteiger partial charge on any atom is 0.304 e. The summed E-state index contributed by atoms with van der Waals surface area (Å²) in [7, 11) is 0. The molecule has 166 valence electrons. The van der Waals surface area contributed by atoms with Gasteiger partial charge in [0.25, 0.3) is 0 Å². The number of thiol groups is 2. The van der Waals surface area contributed by atoms with Gasteiger partial charge in [-0.3, -0.25) is 9.59 Å². The van der Waals surface area contributed by atoms with Crippen molar-refractivity contribution in [3.05, 3.63) is 71.8 Å². The molecule has 4 N–H and O–H groups in total. The van der Waals surface area contributed by atoms with Gasteiger partial charge in [0.1, 0.15) is 0 Å². The molecule has 2 atom stereocenters. The minimum absolute atomic E-state index is 0.0626. The van der Waals surface area contributed by atoms with Gasteiger partial charge in [-0.25, -0.2) is 0 Å². The molecule has 2 aromatic carbocycles. The van der Waals surface area contributed by atoms with Crippen LogP contribution in [0.1, 0.15) is 54.2 Å². The SMILES string of the molecule is CCCC(O)O.O=C(O)CC(S)c1ccccc1.O=C(O)CC(S)c1ccccc1. The molecule has 0 radical (unpaired) electrons. The topological polar surface area (TPSA) is 115 Å². The summed E-state index contributed by atoms with van der Waals surface area (Å²) in [4.78, 5) is 20.7. The summed E-state index contributed by atoms with van der Waals surface area (Å²) in [5.41, 5.74) is 1.89. The van der Waals surface area contributed by atoms with Gasteiger partial charge in [0.2, 0.25) is 0 Å². The van der Waals surface area contributed by atoms with E-state index in [0.717, 1.165) is 17.5 Å². The molecule has 0 aliphatic carbocycles. The van der Waals surface area contributed by atoms with Crippen LogP contribution < -0.4 is 0 Å². The van der Waals surface area contributed by atoms with E-state index in [-0.39, 0.29) is 23.3 Å². The van der Waals surface area contributed by atoms with Gasteiger partial charge in [-0.2, -0.15) is 25.3 Å². The van der Waals surface area contributed by atoms with Crippen molar-refractivity contribution >= 4 is 37.2 Å². The maximum atomic E-state index is 10.3. The Labute approximate surface area is 188 Å². The number of aliphatic hydroxyl groups is 2. The average molecular weight is 455 g/mol. The van der Waals surface area contributed by atoms with E-state index in [1.165, 1.54) is 0 Å². The lowest BCUT2D eigenvalue weighted by molar-refractivity contribution is -0.138. The summed E-state index contributed by atoms with van der Waals surface area (Å²) in [6.07, 6.45) is 0.341. The van der Waals surface area contributed by atoms with Gasteiger partial charge in [-0.1, -0.05) is 74.0 Å². The molecular formula is C22H30O6S2. The van der Waals surface area contributed by atoms with Crippen LogP contribution in [0.3, 0.4) is 0 Å². The molecule has 0 fully saturated rings. The van der Waals surface area contributed by atoms with E-state index < -0.39 is 18.2 Å². The van der Waals surface area contributed by atoms with Gasteiger partial charge >= 0.3 is 11.9 Å². The minimum Gasteiger partial charge on any atom is -0.481 e. The minimum atomic E-state index is -1.10. The number of benzene rings is 2. The lowest BCUT2D eigenvalue weighted by atomic mass is 10.1. The number of aliphatic carboxylic acids is 2. The number of aliphatic hydroxyl groups excluding tert-OH is 1. The van der Waals surface area contributed by atoms with Gasteiger partial charge in [0, 0.05) is 10.5 Å². The van der Waals surface area contributed by atoms with E-state index in [0.29, 0.717) is 6.42 Å². The van der Waals surface area contributed by atoms with Crippen LogP contribution in [-0.4, -0.2) is 38.7 Å². The lowest BCUT2D eigenvalue weighted by Gasteiger charge is -2.06. The second-order valence-electron chi connectivity index (χ2n) is 6.32. The Morgan fingerprint density at radius 1 is 0.767 bits per heavy atom. The van der Waals surface area contributed by atoms with Gasteiger partial charge < -0.3 is 20.4 Å². The molecule has 6 nitrogen and oxygen atoms in total. The van der Waals surface area contributed by atoms with Crippen molar-refractivity contribution in [3.8, 4) is 0 Å². The van der Waals surface area contributed by atoms with E-state index in [9.17, 15) is 9.59 Å². The first-order valence-electron chi connectivity index (χ1n) is 9.43. The van der Waals surface area contributed by atoms with Crippen LogP contribution in [0.2, 0.25) is 0 Å². The normalized spacial score (nSPS) is 11.9. The summed E-state index contributed by atoms with van der Waals surface area (Å²) < 4.78 is 0. The summed E-state index contributed by atoms with van der Waals surface area (Å²) in [6.45, 7) is 1.90. The van der Waals surface area contributed by atoms with E-state index in [1.807, 2.05) is 67.6 Å². The maximum absolute atomic E-state index is 10.3. The lowest BCUT2D eigenvalue weighted by Crippen LogP contribution is -2.01. The second-order valence-corrected chi connectivity index (χ2v) is 7.56. The number of hydrogen-bond donors (Lipinski definition) is 6. The van der Waals surface area contributed by atoms with Crippen LogP contribution in [0.5, 0.6) is 0 Å². The average Bonchev–Trinajstić information content (AvgIpc) is 2.69. The summed E-state index contributed by atoms with van der Waals surface area (Å²) in [5.74, 6) is -1.64. The van der Waals surface area contributed by atoms with Crippen molar-refractivity contribution in [1.82, 2.24) is 0 Å². The fraction of sp³-hybridized carbons (Fsp3) is 0.364. The van der Waals surface area contributed by atoms with E-state index in [4.69, 9.17) is 20.4 Å². The number of hydrogen-bond acceptors (Lipinski definition) is 6. The largest absolute Gasteiger partial charge is 0.481 e. The molecule has 2 rings (SSSR count). The Morgan fingerprint density at radius 3 is 1.30 bits per heavy atom. The molecule has 0 heterocycles. The molecule has 0 bridgehead atoms. The highest BCUT2D eigenvalue weighted by Gasteiger charge is 2.10. The zero-order valence-corrected chi connectivity index (χ0v) is 18.6. The number of carboxylic acid groups (broad SMARTS) is 2. The predicted molar refractivity (Wildman–Crippen MR) is 124 cm³/mol. The molecule has 2 aromatic rings. The zero-order chi connectivity index (χ0) is 22.9. The first-order chi connectivity index (χ1) is 14.2. The van der Waals surface area contributed by atoms with Crippen LogP contribution in [0.25, 0.3) is 0 Å². The zero-order valence-electron chi connectivity index (χ0n) is 16.8. The molecule has 0 aliphatic heterocycles. The fourth-order valence-electron chi connectivity index (χ4n) is 2.18. The Bertz CT molecular complexity index is 653. The van der Waals surface area contributed by atoms with E-state index in [1.54, 1.807) is 0 Å². The fourth-order valence-corrected chi connectivity index (χ4v) is 2.83. The number of carbonyl (C=O) groups is 2. The van der Waals surface area contributed by atoms with Gasteiger partial charge in [0.15, 0.2) is 6.29 Å². The molecule has 0 spiro atoms. The Hall–Kier alpha value is -2.00. The highest BCUT2D eigenvalue weighted by Crippen LogP contribution is 2.23. The number of rotatable bonds is 8. The third-order valence-corrected chi connectivity index (χ3v) is 4.61. The van der Waals surface area contributed by atoms with E-state index >= 15 is 0 Å². The van der Waals surface area contributed by atoms with Crippen molar-refractivity contribution < 1.29 is 30.0 Å². The smallest absolute Gasteiger partial charge is 0.304 e. The molecule has 0 amide bonds.